The number of Topliss-reactive ketones (excluding diaryl/α,β-unsaturated/α-hetero) is 1. The largest absolute Gasteiger partial charge is 0.454 e. The Labute approximate surface area is 158 Å². The van der Waals surface area contributed by atoms with Crippen LogP contribution in [0.2, 0.25) is 0 Å². The van der Waals surface area contributed by atoms with E-state index in [1.165, 1.54) is 0 Å². The van der Waals surface area contributed by atoms with Gasteiger partial charge in [-0.1, -0.05) is 36.4 Å². The number of rotatable bonds is 4. The van der Waals surface area contributed by atoms with E-state index in [0.29, 0.717) is 31.7 Å². The number of likely N-dealkylation sites (tertiary alicyclic amines) is 1. The Balaban J connectivity index is 1.33. The zero-order chi connectivity index (χ0) is 18.6. The van der Waals surface area contributed by atoms with Gasteiger partial charge in [-0.3, -0.25) is 9.59 Å². The van der Waals surface area contributed by atoms with E-state index in [1.54, 1.807) is 17.1 Å². The van der Waals surface area contributed by atoms with Crippen molar-refractivity contribution in [1.29, 1.82) is 0 Å². The fourth-order valence-corrected chi connectivity index (χ4v) is 3.49. The van der Waals surface area contributed by atoms with Crippen molar-refractivity contribution in [2.24, 2.45) is 5.92 Å². The van der Waals surface area contributed by atoms with Gasteiger partial charge in [-0.05, 0) is 36.6 Å². The van der Waals surface area contributed by atoms with Gasteiger partial charge in [0.25, 0.3) is 0 Å². The lowest BCUT2D eigenvalue weighted by Crippen LogP contribution is -2.39. The average Bonchev–Trinajstić information content (AvgIpc) is 3.20. The number of hydrogen-bond acceptors (Lipinski definition) is 4. The molecule has 27 heavy (non-hydrogen) atoms. The molecule has 0 saturated carbocycles. The van der Waals surface area contributed by atoms with Crippen LogP contribution < -0.4 is 9.47 Å². The Bertz CT molecular complexity index is 867. The van der Waals surface area contributed by atoms with Gasteiger partial charge in [0.05, 0.1) is 0 Å². The molecule has 0 aliphatic carbocycles. The molecule has 0 radical (unpaired) electrons. The number of carbonyl (C=O) groups excluding carboxylic acids is 2. The molecule has 0 unspecified atom stereocenters. The minimum atomic E-state index is -0.0294. The minimum Gasteiger partial charge on any atom is -0.454 e. The molecule has 4 rings (SSSR count). The highest BCUT2D eigenvalue weighted by Gasteiger charge is 2.27. The van der Waals surface area contributed by atoms with Crippen LogP contribution in [0.1, 0.15) is 28.8 Å². The van der Waals surface area contributed by atoms with Gasteiger partial charge in [0.2, 0.25) is 12.7 Å². The number of hydrogen-bond donors (Lipinski definition) is 0. The number of nitrogens with zero attached hydrogens (tertiary/aromatic N) is 1. The second-order valence-corrected chi connectivity index (χ2v) is 6.78. The third-order valence-corrected chi connectivity index (χ3v) is 5.05. The summed E-state index contributed by atoms with van der Waals surface area (Å²) in [5, 5.41) is 0. The van der Waals surface area contributed by atoms with Crippen molar-refractivity contribution in [1.82, 2.24) is 4.90 Å². The fraction of sp³-hybridized carbons (Fsp3) is 0.273. The Morgan fingerprint density at radius 2 is 1.70 bits per heavy atom. The van der Waals surface area contributed by atoms with Crippen molar-refractivity contribution < 1.29 is 19.1 Å². The summed E-state index contributed by atoms with van der Waals surface area (Å²) >= 11 is 0. The molecule has 0 aromatic heterocycles. The van der Waals surface area contributed by atoms with E-state index in [2.05, 4.69) is 0 Å². The summed E-state index contributed by atoms with van der Waals surface area (Å²) in [5.41, 5.74) is 1.65. The van der Waals surface area contributed by atoms with Crippen LogP contribution in [-0.2, 0) is 4.79 Å². The maximum atomic E-state index is 12.5. The molecule has 1 amide bonds. The van der Waals surface area contributed by atoms with Gasteiger partial charge in [0.15, 0.2) is 17.3 Å². The van der Waals surface area contributed by atoms with Crippen molar-refractivity contribution in [3.05, 3.63) is 65.7 Å². The van der Waals surface area contributed by atoms with Crippen LogP contribution in [0.25, 0.3) is 6.08 Å². The monoisotopic (exact) mass is 363 g/mol. The first-order valence-corrected chi connectivity index (χ1v) is 9.16. The number of piperidine rings is 1. The molecule has 2 aromatic carbocycles. The van der Waals surface area contributed by atoms with Gasteiger partial charge in [-0.2, -0.15) is 0 Å². The van der Waals surface area contributed by atoms with Crippen LogP contribution >= 0.6 is 0 Å². The molecule has 2 heterocycles. The number of ether oxygens (including phenoxy) is 2. The van der Waals surface area contributed by atoms with Crippen molar-refractivity contribution in [3.8, 4) is 11.5 Å². The van der Waals surface area contributed by atoms with Crippen molar-refractivity contribution in [2.45, 2.75) is 12.8 Å². The zero-order valence-corrected chi connectivity index (χ0v) is 15.0. The van der Waals surface area contributed by atoms with E-state index < -0.39 is 0 Å². The minimum absolute atomic E-state index is 0.00529. The highest BCUT2D eigenvalue weighted by Crippen LogP contribution is 2.32. The summed E-state index contributed by atoms with van der Waals surface area (Å²) in [6.07, 6.45) is 4.77. The quantitative estimate of drug-likeness (QED) is 0.616. The second kappa shape index (κ2) is 7.66. The van der Waals surface area contributed by atoms with Crippen LogP contribution in [-0.4, -0.2) is 36.5 Å². The lowest BCUT2D eigenvalue weighted by atomic mass is 9.89. The van der Waals surface area contributed by atoms with Gasteiger partial charge >= 0.3 is 0 Å². The van der Waals surface area contributed by atoms with Crippen LogP contribution in [0.4, 0.5) is 0 Å². The molecule has 0 spiro atoms. The maximum Gasteiger partial charge on any atom is 0.246 e. The van der Waals surface area contributed by atoms with E-state index in [4.69, 9.17) is 9.47 Å². The molecular formula is C22H21NO4. The first kappa shape index (κ1) is 17.3. The van der Waals surface area contributed by atoms with Crippen LogP contribution in [0.5, 0.6) is 11.5 Å². The van der Waals surface area contributed by atoms with Gasteiger partial charge in [0, 0.05) is 30.6 Å². The third-order valence-electron chi connectivity index (χ3n) is 5.05. The SMILES string of the molecule is O=C(c1ccccc1)C1CCN(C(=O)/C=C/c2ccc3c(c2)OCO3)CC1. The molecular weight excluding hydrogens is 342 g/mol. The maximum absolute atomic E-state index is 12.5. The highest BCUT2D eigenvalue weighted by molar-refractivity contribution is 5.98. The molecule has 0 atom stereocenters. The molecule has 0 N–H and O–H groups in total. The van der Waals surface area contributed by atoms with E-state index in [-0.39, 0.29) is 24.4 Å². The van der Waals surface area contributed by atoms with Gasteiger partial charge in [-0.15, -0.1) is 0 Å². The van der Waals surface area contributed by atoms with E-state index in [1.807, 2.05) is 48.5 Å². The fourth-order valence-electron chi connectivity index (χ4n) is 3.49. The Hall–Kier alpha value is -3.08. The molecule has 138 valence electrons. The normalized spacial score (nSPS) is 16.7. The lowest BCUT2D eigenvalue weighted by Gasteiger charge is -2.30. The third kappa shape index (κ3) is 3.87. The molecule has 1 fully saturated rings. The predicted molar refractivity (Wildman–Crippen MR) is 102 cm³/mol. The zero-order valence-electron chi connectivity index (χ0n) is 15.0. The molecule has 2 aliphatic heterocycles. The topological polar surface area (TPSA) is 55.8 Å². The standard InChI is InChI=1S/C22H21NO4/c24-21(9-7-16-6-8-19-20(14-16)27-15-26-19)23-12-10-18(11-13-23)22(25)17-4-2-1-3-5-17/h1-9,14,18H,10-13,15H2/b9-7+. The number of amides is 1. The Kier molecular flexibility index (Phi) is 4.92. The summed E-state index contributed by atoms with van der Waals surface area (Å²) in [6, 6.07) is 15.0. The molecule has 0 bridgehead atoms. The van der Waals surface area contributed by atoms with Gasteiger partial charge in [-0.25, -0.2) is 0 Å². The number of benzene rings is 2. The summed E-state index contributed by atoms with van der Waals surface area (Å²) in [5.74, 6) is 1.57. The molecule has 5 nitrogen and oxygen atoms in total. The first-order valence-electron chi connectivity index (χ1n) is 9.16. The number of carbonyl (C=O) groups is 2. The molecule has 2 aliphatic rings. The van der Waals surface area contributed by atoms with E-state index >= 15 is 0 Å². The van der Waals surface area contributed by atoms with E-state index in [0.717, 1.165) is 16.9 Å². The van der Waals surface area contributed by atoms with Crippen LogP contribution in [0.3, 0.4) is 0 Å². The van der Waals surface area contributed by atoms with Crippen molar-refractivity contribution in [3.63, 3.8) is 0 Å². The summed E-state index contributed by atoms with van der Waals surface area (Å²) in [7, 11) is 0. The molecule has 1 saturated heterocycles. The summed E-state index contributed by atoms with van der Waals surface area (Å²) < 4.78 is 10.6. The molecule has 5 heteroatoms. The number of fused-ring (bicyclic) bond motifs is 1. The average molecular weight is 363 g/mol. The van der Waals surface area contributed by atoms with Crippen molar-refractivity contribution in [2.75, 3.05) is 19.9 Å². The van der Waals surface area contributed by atoms with Gasteiger partial charge in [0.1, 0.15) is 0 Å². The number of ketones is 1. The summed E-state index contributed by atoms with van der Waals surface area (Å²) in [4.78, 5) is 26.8. The summed E-state index contributed by atoms with van der Waals surface area (Å²) in [6.45, 7) is 1.44. The highest BCUT2D eigenvalue weighted by atomic mass is 16.7. The van der Waals surface area contributed by atoms with Gasteiger partial charge < -0.3 is 14.4 Å². The van der Waals surface area contributed by atoms with Crippen LogP contribution in [0.15, 0.2) is 54.6 Å². The Morgan fingerprint density at radius 3 is 2.48 bits per heavy atom. The molecule has 2 aromatic rings. The lowest BCUT2D eigenvalue weighted by molar-refractivity contribution is -0.127. The smallest absolute Gasteiger partial charge is 0.246 e. The Morgan fingerprint density at radius 1 is 0.963 bits per heavy atom. The first-order chi connectivity index (χ1) is 13.2. The van der Waals surface area contributed by atoms with Crippen LogP contribution in [0, 0.1) is 5.92 Å². The predicted octanol–water partition coefficient (Wildman–Crippen LogP) is 3.55. The van der Waals surface area contributed by atoms with Crippen molar-refractivity contribution >= 4 is 17.8 Å². The second-order valence-electron chi connectivity index (χ2n) is 6.78. The van der Waals surface area contributed by atoms with E-state index in [9.17, 15) is 9.59 Å².